The zero-order valence-corrected chi connectivity index (χ0v) is 8.42. The molecule has 13 heavy (non-hydrogen) atoms. The van der Waals surface area contributed by atoms with Gasteiger partial charge in [-0.05, 0) is 0 Å². The van der Waals surface area contributed by atoms with Crippen molar-refractivity contribution >= 4 is 0 Å². The second kappa shape index (κ2) is 7.26. The molecule has 1 aliphatic rings. The molecule has 0 radical (unpaired) electrons. The number of ether oxygens (including phenoxy) is 2. The minimum absolute atomic E-state index is 0.795. The van der Waals surface area contributed by atoms with Gasteiger partial charge in [0, 0.05) is 39.8 Å². The van der Waals surface area contributed by atoms with Gasteiger partial charge in [-0.3, -0.25) is 4.90 Å². The second-order valence-electron chi connectivity index (χ2n) is 3.20. The van der Waals surface area contributed by atoms with Crippen molar-refractivity contribution in [2.75, 3.05) is 59.7 Å². The maximum atomic E-state index is 5.26. The van der Waals surface area contributed by atoms with E-state index in [0.717, 1.165) is 52.5 Å². The summed E-state index contributed by atoms with van der Waals surface area (Å²) in [4.78, 5) is 2.42. The van der Waals surface area contributed by atoms with Crippen molar-refractivity contribution in [2.45, 2.75) is 0 Å². The summed E-state index contributed by atoms with van der Waals surface area (Å²) in [6, 6.07) is 0. The highest BCUT2D eigenvalue weighted by molar-refractivity contribution is 4.62. The smallest absolute Gasteiger partial charge is 0.0594 e. The van der Waals surface area contributed by atoms with Crippen molar-refractivity contribution in [3.63, 3.8) is 0 Å². The standard InChI is InChI=1S/C9H20N2O2/c1-12-7-3-10-2-4-11-5-8-13-9-6-11/h10H,2-9H2,1H3. The van der Waals surface area contributed by atoms with Crippen molar-refractivity contribution in [1.29, 1.82) is 0 Å². The van der Waals surface area contributed by atoms with Crippen LogP contribution in [0.15, 0.2) is 0 Å². The first-order chi connectivity index (χ1) is 6.43. The van der Waals surface area contributed by atoms with E-state index < -0.39 is 0 Å². The van der Waals surface area contributed by atoms with E-state index in [1.54, 1.807) is 7.11 Å². The minimum atomic E-state index is 0.795. The van der Waals surface area contributed by atoms with Crippen LogP contribution in [0.4, 0.5) is 0 Å². The maximum absolute atomic E-state index is 5.26. The van der Waals surface area contributed by atoms with Gasteiger partial charge < -0.3 is 14.8 Å². The monoisotopic (exact) mass is 188 g/mol. The van der Waals surface area contributed by atoms with E-state index in [1.807, 2.05) is 0 Å². The molecule has 4 heteroatoms. The van der Waals surface area contributed by atoms with E-state index in [0.29, 0.717) is 0 Å². The molecule has 0 aromatic carbocycles. The first-order valence-corrected chi connectivity index (χ1v) is 4.93. The Kier molecular flexibility index (Phi) is 6.10. The number of rotatable bonds is 6. The van der Waals surface area contributed by atoms with Crippen molar-refractivity contribution in [1.82, 2.24) is 10.2 Å². The van der Waals surface area contributed by atoms with Gasteiger partial charge in [0.1, 0.15) is 0 Å². The third-order valence-electron chi connectivity index (χ3n) is 2.19. The highest BCUT2D eigenvalue weighted by Crippen LogP contribution is 1.94. The summed E-state index contributed by atoms with van der Waals surface area (Å²) < 4.78 is 10.2. The van der Waals surface area contributed by atoms with E-state index in [9.17, 15) is 0 Å². The van der Waals surface area contributed by atoms with E-state index in [4.69, 9.17) is 9.47 Å². The predicted octanol–water partition coefficient (Wildman–Crippen LogP) is -0.445. The van der Waals surface area contributed by atoms with Crippen LogP contribution in [0.25, 0.3) is 0 Å². The van der Waals surface area contributed by atoms with Crippen molar-refractivity contribution < 1.29 is 9.47 Å². The zero-order chi connectivity index (χ0) is 9.36. The Balaban J connectivity index is 1.86. The van der Waals surface area contributed by atoms with Gasteiger partial charge >= 0.3 is 0 Å². The Hall–Kier alpha value is -0.160. The van der Waals surface area contributed by atoms with E-state index in [2.05, 4.69) is 10.2 Å². The number of morpholine rings is 1. The average Bonchev–Trinajstić information content (AvgIpc) is 2.19. The molecule has 0 atom stereocenters. The predicted molar refractivity (Wildman–Crippen MR) is 52.0 cm³/mol. The Labute approximate surface area is 80.2 Å². The summed E-state index contributed by atoms with van der Waals surface area (Å²) in [5.74, 6) is 0. The maximum Gasteiger partial charge on any atom is 0.0594 e. The summed E-state index contributed by atoms with van der Waals surface area (Å²) in [7, 11) is 1.73. The van der Waals surface area contributed by atoms with E-state index in [-0.39, 0.29) is 0 Å². The van der Waals surface area contributed by atoms with Crippen LogP contribution in [-0.2, 0) is 9.47 Å². The first kappa shape index (κ1) is 10.9. The fraction of sp³-hybridized carbons (Fsp3) is 1.00. The van der Waals surface area contributed by atoms with Crippen LogP contribution >= 0.6 is 0 Å². The van der Waals surface area contributed by atoms with E-state index in [1.165, 1.54) is 0 Å². The first-order valence-electron chi connectivity index (χ1n) is 4.93. The molecule has 0 amide bonds. The molecular weight excluding hydrogens is 168 g/mol. The second-order valence-corrected chi connectivity index (χ2v) is 3.20. The number of hydrogen-bond acceptors (Lipinski definition) is 4. The molecule has 0 aliphatic carbocycles. The lowest BCUT2D eigenvalue weighted by Crippen LogP contribution is -2.40. The summed E-state index contributed by atoms with van der Waals surface area (Å²) in [5, 5.41) is 3.33. The molecule has 0 aromatic heterocycles. The topological polar surface area (TPSA) is 33.7 Å². The van der Waals surface area contributed by atoms with Gasteiger partial charge in [-0.15, -0.1) is 0 Å². The molecule has 1 heterocycles. The van der Waals surface area contributed by atoms with Crippen LogP contribution in [0.3, 0.4) is 0 Å². The molecule has 0 bridgehead atoms. The summed E-state index contributed by atoms with van der Waals surface area (Å²) in [6.07, 6.45) is 0. The van der Waals surface area contributed by atoms with E-state index >= 15 is 0 Å². The lowest BCUT2D eigenvalue weighted by atomic mass is 10.4. The fourth-order valence-corrected chi connectivity index (χ4v) is 1.36. The van der Waals surface area contributed by atoms with Crippen molar-refractivity contribution in [3.8, 4) is 0 Å². The SMILES string of the molecule is COCCNCCN1CCOCC1. The van der Waals surface area contributed by atoms with Gasteiger partial charge in [-0.1, -0.05) is 0 Å². The minimum Gasteiger partial charge on any atom is -0.383 e. The lowest BCUT2D eigenvalue weighted by Gasteiger charge is -2.26. The molecule has 0 spiro atoms. The van der Waals surface area contributed by atoms with Crippen LogP contribution in [0.1, 0.15) is 0 Å². The summed E-state index contributed by atoms with van der Waals surface area (Å²) in [5.41, 5.74) is 0. The zero-order valence-electron chi connectivity index (χ0n) is 8.42. The number of nitrogens with zero attached hydrogens (tertiary/aromatic N) is 1. The van der Waals surface area contributed by atoms with Gasteiger partial charge in [-0.2, -0.15) is 0 Å². The molecule has 1 rings (SSSR count). The summed E-state index contributed by atoms with van der Waals surface area (Å²) in [6.45, 7) is 7.83. The molecule has 78 valence electrons. The van der Waals surface area contributed by atoms with Gasteiger partial charge in [0.05, 0.1) is 19.8 Å². The highest BCUT2D eigenvalue weighted by Gasteiger charge is 2.08. The molecule has 1 fully saturated rings. The molecule has 4 nitrogen and oxygen atoms in total. The van der Waals surface area contributed by atoms with Crippen LogP contribution < -0.4 is 5.32 Å². The number of methoxy groups -OCH3 is 1. The van der Waals surface area contributed by atoms with Crippen molar-refractivity contribution in [3.05, 3.63) is 0 Å². The Morgan fingerprint density at radius 1 is 1.31 bits per heavy atom. The normalized spacial score (nSPS) is 19.2. The molecular formula is C9H20N2O2. The van der Waals surface area contributed by atoms with Gasteiger partial charge in [0.25, 0.3) is 0 Å². The number of nitrogens with one attached hydrogen (secondary N) is 1. The largest absolute Gasteiger partial charge is 0.383 e. The molecule has 1 saturated heterocycles. The average molecular weight is 188 g/mol. The van der Waals surface area contributed by atoms with Gasteiger partial charge in [-0.25, -0.2) is 0 Å². The third kappa shape index (κ3) is 5.21. The fourth-order valence-electron chi connectivity index (χ4n) is 1.36. The van der Waals surface area contributed by atoms with Gasteiger partial charge in [0.15, 0.2) is 0 Å². The Bertz CT molecular complexity index is 116. The Morgan fingerprint density at radius 2 is 2.08 bits per heavy atom. The number of hydrogen-bond donors (Lipinski definition) is 1. The van der Waals surface area contributed by atoms with Crippen molar-refractivity contribution in [2.24, 2.45) is 0 Å². The highest BCUT2D eigenvalue weighted by atomic mass is 16.5. The van der Waals surface area contributed by atoms with Gasteiger partial charge in [0.2, 0.25) is 0 Å². The Morgan fingerprint density at radius 3 is 2.77 bits per heavy atom. The summed E-state index contributed by atoms with van der Waals surface area (Å²) >= 11 is 0. The van der Waals surface area contributed by atoms with Crippen LogP contribution in [-0.4, -0.2) is 64.6 Å². The molecule has 1 N–H and O–H groups in total. The lowest BCUT2D eigenvalue weighted by molar-refractivity contribution is 0.0382. The third-order valence-corrected chi connectivity index (χ3v) is 2.19. The van der Waals surface area contributed by atoms with Crippen LogP contribution in [0.5, 0.6) is 0 Å². The quantitative estimate of drug-likeness (QED) is 0.573. The van der Waals surface area contributed by atoms with Crippen LogP contribution in [0.2, 0.25) is 0 Å². The molecule has 1 aliphatic heterocycles. The molecule has 0 saturated carbocycles. The van der Waals surface area contributed by atoms with Crippen LogP contribution in [0, 0.1) is 0 Å². The molecule has 0 unspecified atom stereocenters. The molecule has 0 aromatic rings.